The van der Waals surface area contributed by atoms with E-state index in [1.165, 1.54) is 0 Å². The van der Waals surface area contributed by atoms with Gasteiger partial charge in [0.25, 0.3) is 0 Å². The van der Waals surface area contributed by atoms with Crippen LogP contribution in [0.5, 0.6) is 0 Å². The van der Waals surface area contributed by atoms with E-state index in [4.69, 9.17) is 9.47 Å². The second kappa shape index (κ2) is 8.53. The van der Waals surface area contributed by atoms with Crippen molar-refractivity contribution in [1.29, 1.82) is 0 Å². The van der Waals surface area contributed by atoms with Gasteiger partial charge in [0.05, 0.1) is 12.2 Å². The number of ether oxygens (including phenoxy) is 2. The van der Waals surface area contributed by atoms with Crippen molar-refractivity contribution >= 4 is 0 Å². The molecule has 2 rings (SSSR count). The molecule has 0 aromatic carbocycles. The molecule has 2 saturated carbocycles. The maximum absolute atomic E-state index is 14.5. The van der Waals surface area contributed by atoms with E-state index in [0.29, 0.717) is 32.5 Å². The number of hydrogen-bond donors (Lipinski definition) is 0. The molecule has 2 aliphatic carbocycles. The molecule has 7 unspecified atom stereocenters. The SMILES string of the molecule is CCCCCOC1CC2CCC(OCC)C(F)C2C(F)C1F. The molecule has 0 bridgehead atoms. The quantitative estimate of drug-likeness (QED) is 0.646. The summed E-state index contributed by atoms with van der Waals surface area (Å²) < 4.78 is 54.2. The molecule has 0 aliphatic heterocycles. The van der Waals surface area contributed by atoms with E-state index >= 15 is 0 Å². The Labute approximate surface area is 131 Å². The van der Waals surface area contributed by atoms with Gasteiger partial charge in [-0.3, -0.25) is 0 Å². The average molecular weight is 322 g/mol. The van der Waals surface area contributed by atoms with Gasteiger partial charge in [0.2, 0.25) is 0 Å². The topological polar surface area (TPSA) is 18.5 Å². The number of rotatable bonds is 7. The van der Waals surface area contributed by atoms with Crippen molar-refractivity contribution in [3.63, 3.8) is 0 Å². The molecule has 0 aromatic rings. The Balaban J connectivity index is 1.93. The molecule has 22 heavy (non-hydrogen) atoms. The van der Waals surface area contributed by atoms with Gasteiger partial charge in [0, 0.05) is 19.1 Å². The van der Waals surface area contributed by atoms with Gasteiger partial charge in [0.15, 0.2) is 6.17 Å². The van der Waals surface area contributed by atoms with E-state index in [0.717, 1.165) is 19.3 Å². The summed E-state index contributed by atoms with van der Waals surface area (Å²) in [6.07, 6.45) is -1.56. The Bertz CT molecular complexity index is 327. The van der Waals surface area contributed by atoms with Crippen molar-refractivity contribution in [3.05, 3.63) is 0 Å². The molecule has 7 atom stereocenters. The lowest BCUT2D eigenvalue weighted by Gasteiger charge is -2.46. The molecule has 0 heterocycles. The third-order valence-electron chi connectivity index (χ3n) is 5.11. The summed E-state index contributed by atoms with van der Waals surface area (Å²) in [5, 5.41) is 0. The first-order chi connectivity index (χ1) is 10.6. The Morgan fingerprint density at radius 3 is 2.32 bits per heavy atom. The van der Waals surface area contributed by atoms with Crippen LogP contribution in [-0.4, -0.2) is 43.9 Å². The molecular weight excluding hydrogens is 293 g/mol. The minimum Gasteiger partial charge on any atom is -0.375 e. The van der Waals surface area contributed by atoms with Gasteiger partial charge in [0.1, 0.15) is 12.3 Å². The van der Waals surface area contributed by atoms with Crippen LogP contribution in [0.1, 0.15) is 52.4 Å². The Hall–Kier alpha value is -0.290. The monoisotopic (exact) mass is 322 g/mol. The maximum atomic E-state index is 14.5. The fourth-order valence-electron chi connectivity index (χ4n) is 3.93. The average Bonchev–Trinajstić information content (AvgIpc) is 2.51. The van der Waals surface area contributed by atoms with Crippen LogP contribution in [0.2, 0.25) is 0 Å². The molecule has 0 aromatic heterocycles. The van der Waals surface area contributed by atoms with Crippen LogP contribution in [0.4, 0.5) is 13.2 Å². The highest BCUT2D eigenvalue weighted by molar-refractivity contribution is 5.01. The number of unbranched alkanes of at least 4 members (excludes halogenated alkanes) is 2. The molecule has 0 amide bonds. The number of fused-ring (bicyclic) bond motifs is 1. The first kappa shape index (κ1) is 18.1. The maximum Gasteiger partial charge on any atom is 0.157 e. The van der Waals surface area contributed by atoms with E-state index in [9.17, 15) is 13.2 Å². The molecule has 0 radical (unpaired) electrons. The first-order valence-electron chi connectivity index (χ1n) is 8.75. The van der Waals surface area contributed by atoms with E-state index in [2.05, 4.69) is 6.92 Å². The summed E-state index contributed by atoms with van der Waals surface area (Å²) >= 11 is 0. The second-order valence-electron chi connectivity index (χ2n) is 6.59. The Kier molecular flexibility index (Phi) is 7.00. The van der Waals surface area contributed by atoms with Gasteiger partial charge in [-0.1, -0.05) is 19.8 Å². The third kappa shape index (κ3) is 3.97. The van der Waals surface area contributed by atoms with Crippen LogP contribution < -0.4 is 0 Å². The van der Waals surface area contributed by atoms with Gasteiger partial charge >= 0.3 is 0 Å². The van der Waals surface area contributed by atoms with Crippen molar-refractivity contribution in [1.82, 2.24) is 0 Å². The molecule has 130 valence electrons. The van der Waals surface area contributed by atoms with Gasteiger partial charge in [-0.15, -0.1) is 0 Å². The molecular formula is C17H29F3O2. The highest BCUT2D eigenvalue weighted by Crippen LogP contribution is 2.46. The lowest BCUT2D eigenvalue weighted by atomic mass is 9.66. The molecule has 0 N–H and O–H groups in total. The number of hydrogen-bond acceptors (Lipinski definition) is 2. The largest absolute Gasteiger partial charge is 0.375 e. The smallest absolute Gasteiger partial charge is 0.157 e. The minimum absolute atomic E-state index is 0.134. The van der Waals surface area contributed by atoms with Gasteiger partial charge < -0.3 is 9.47 Å². The predicted molar refractivity (Wildman–Crippen MR) is 80.2 cm³/mol. The normalized spacial score (nSPS) is 42.1. The van der Waals surface area contributed by atoms with Crippen molar-refractivity contribution < 1.29 is 22.6 Å². The molecule has 2 aliphatic rings. The molecule has 0 saturated heterocycles. The summed E-state index contributed by atoms with van der Waals surface area (Å²) in [6.45, 7) is 4.75. The van der Waals surface area contributed by atoms with Crippen LogP contribution in [0.3, 0.4) is 0 Å². The lowest BCUT2D eigenvalue weighted by Crippen LogP contribution is -2.55. The van der Waals surface area contributed by atoms with Gasteiger partial charge in [-0.05, 0) is 38.5 Å². The highest BCUT2D eigenvalue weighted by Gasteiger charge is 2.53. The van der Waals surface area contributed by atoms with Crippen LogP contribution in [0, 0.1) is 11.8 Å². The van der Waals surface area contributed by atoms with E-state index in [1.807, 2.05) is 0 Å². The third-order valence-corrected chi connectivity index (χ3v) is 5.11. The lowest BCUT2D eigenvalue weighted by molar-refractivity contribution is -0.150. The fourth-order valence-corrected chi connectivity index (χ4v) is 3.93. The Morgan fingerprint density at radius 2 is 1.64 bits per heavy atom. The molecule has 2 fully saturated rings. The number of halogens is 3. The van der Waals surface area contributed by atoms with Crippen molar-refractivity contribution in [2.75, 3.05) is 13.2 Å². The standard InChI is InChI=1S/C17H29F3O2/c1-3-5-6-9-22-13-10-11-7-8-12(21-4-2)15(18)14(11)17(20)16(13)19/h11-17H,3-10H2,1-2H3. The van der Waals surface area contributed by atoms with Crippen LogP contribution in [0.15, 0.2) is 0 Å². The zero-order chi connectivity index (χ0) is 16.1. The van der Waals surface area contributed by atoms with Crippen LogP contribution in [0.25, 0.3) is 0 Å². The first-order valence-corrected chi connectivity index (χ1v) is 8.75. The minimum atomic E-state index is -1.78. The summed E-state index contributed by atoms with van der Waals surface area (Å²) in [6, 6.07) is 0. The molecule has 0 spiro atoms. The molecule has 2 nitrogen and oxygen atoms in total. The summed E-state index contributed by atoms with van der Waals surface area (Å²) in [5.41, 5.74) is 0. The van der Waals surface area contributed by atoms with Crippen LogP contribution >= 0.6 is 0 Å². The van der Waals surface area contributed by atoms with E-state index < -0.39 is 36.6 Å². The van der Waals surface area contributed by atoms with Gasteiger partial charge in [-0.25, -0.2) is 13.2 Å². The van der Waals surface area contributed by atoms with Gasteiger partial charge in [-0.2, -0.15) is 0 Å². The summed E-state index contributed by atoms with van der Waals surface area (Å²) in [5.74, 6) is -1.01. The van der Waals surface area contributed by atoms with E-state index in [1.54, 1.807) is 6.92 Å². The van der Waals surface area contributed by atoms with Crippen molar-refractivity contribution in [2.45, 2.75) is 83.1 Å². The summed E-state index contributed by atoms with van der Waals surface area (Å²) in [4.78, 5) is 0. The zero-order valence-corrected chi connectivity index (χ0v) is 13.6. The Morgan fingerprint density at radius 1 is 0.864 bits per heavy atom. The highest BCUT2D eigenvalue weighted by atomic mass is 19.2. The zero-order valence-electron chi connectivity index (χ0n) is 13.6. The summed E-state index contributed by atoms with van der Waals surface area (Å²) in [7, 11) is 0. The number of alkyl halides is 3. The van der Waals surface area contributed by atoms with Crippen molar-refractivity contribution in [3.8, 4) is 0 Å². The van der Waals surface area contributed by atoms with E-state index in [-0.39, 0.29) is 5.92 Å². The van der Waals surface area contributed by atoms with Crippen molar-refractivity contribution in [2.24, 2.45) is 11.8 Å². The molecule has 5 heteroatoms. The second-order valence-corrected chi connectivity index (χ2v) is 6.59. The fraction of sp³-hybridized carbons (Fsp3) is 1.00. The predicted octanol–water partition coefficient (Wildman–Crippen LogP) is 4.41. The van der Waals surface area contributed by atoms with Crippen LogP contribution in [-0.2, 0) is 9.47 Å².